The fraction of sp³-hybridized carbons (Fsp3) is 0.308. The van der Waals surface area contributed by atoms with E-state index in [4.69, 9.17) is 14.6 Å². The molecule has 0 saturated heterocycles. The van der Waals surface area contributed by atoms with Crippen LogP contribution in [0, 0.1) is 10.1 Å². The van der Waals surface area contributed by atoms with E-state index in [-0.39, 0.29) is 29.4 Å². The number of benzene rings is 1. The van der Waals surface area contributed by atoms with E-state index in [0.717, 1.165) is 0 Å². The van der Waals surface area contributed by atoms with Crippen molar-refractivity contribution >= 4 is 17.3 Å². The highest BCUT2D eigenvalue weighted by Gasteiger charge is 2.24. The highest BCUT2D eigenvalue weighted by Crippen LogP contribution is 2.39. The van der Waals surface area contributed by atoms with E-state index in [1.54, 1.807) is 0 Å². The average molecular weight is 296 g/mol. The number of hydrogen-bond acceptors (Lipinski definition) is 6. The van der Waals surface area contributed by atoms with Crippen LogP contribution in [-0.4, -0.2) is 43.3 Å². The zero-order chi connectivity index (χ0) is 16.0. The molecular formula is C13H16N2O6. The Morgan fingerprint density at radius 1 is 1.43 bits per heavy atom. The van der Waals surface area contributed by atoms with Gasteiger partial charge < -0.3 is 19.5 Å². The molecule has 0 atom stereocenters. The summed E-state index contributed by atoms with van der Waals surface area (Å²) in [5.74, 6) is -0.639. The van der Waals surface area contributed by atoms with Gasteiger partial charge in [-0.1, -0.05) is 6.08 Å². The molecule has 0 aromatic heterocycles. The normalized spacial score (nSPS) is 9.81. The molecule has 0 unspecified atom stereocenters. The van der Waals surface area contributed by atoms with Crippen molar-refractivity contribution in [3.63, 3.8) is 0 Å². The Hall–Kier alpha value is -2.77. The number of hydrogen-bond donors (Lipinski definition) is 1. The molecule has 1 aromatic carbocycles. The summed E-state index contributed by atoms with van der Waals surface area (Å²) >= 11 is 0. The molecule has 0 aliphatic heterocycles. The third-order valence-corrected chi connectivity index (χ3v) is 2.69. The first kappa shape index (κ1) is 16.3. The second-order valence-corrected chi connectivity index (χ2v) is 4.02. The Labute approximate surface area is 121 Å². The number of carboxylic acid groups (broad SMARTS) is 1. The molecule has 1 rings (SSSR count). The van der Waals surface area contributed by atoms with Crippen LogP contribution in [0.5, 0.6) is 11.5 Å². The Morgan fingerprint density at radius 3 is 2.43 bits per heavy atom. The van der Waals surface area contributed by atoms with Gasteiger partial charge in [-0.3, -0.25) is 14.9 Å². The zero-order valence-corrected chi connectivity index (χ0v) is 11.7. The minimum absolute atomic E-state index is 0.125. The van der Waals surface area contributed by atoms with Crippen molar-refractivity contribution in [1.82, 2.24) is 0 Å². The number of carboxylic acids is 1. The lowest BCUT2D eigenvalue weighted by molar-refractivity contribution is -0.384. The molecule has 8 heteroatoms. The van der Waals surface area contributed by atoms with Gasteiger partial charge in [-0.25, -0.2) is 0 Å². The summed E-state index contributed by atoms with van der Waals surface area (Å²) < 4.78 is 10.1. The predicted octanol–water partition coefficient (Wildman–Crippen LogP) is 1.69. The van der Waals surface area contributed by atoms with Crippen LogP contribution in [0.3, 0.4) is 0 Å². The highest BCUT2D eigenvalue weighted by atomic mass is 16.6. The molecule has 21 heavy (non-hydrogen) atoms. The van der Waals surface area contributed by atoms with Crippen molar-refractivity contribution in [2.45, 2.75) is 0 Å². The number of anilines is 1. The monoisotopic (exact) mass is 296 g/mol. The van der Waals surface area contributed by atoms with E-state index in [2.05, 4.69) is 6.58 Å². The van der Waals surface area contributed by atoms with Crippen LogP contribution in [0.1, 0.15) is 0 Å². The number of nitrogens with zero attached hydrogens (tertiary/aromatic N) is 2. The van der Waals surface area contributed by atoms with E-state index < -0.39 is 17.4 Å². The summed E-state index contributed by atoms with van der Waals surface area (Å²) in [4.78, 5) is 22.8. The van der Waals surface area contributed by atoms with Gasteiger partial charge in [0.15, 0.2) is 11.5 Å². The summed E-state index contributed by atoms with van der Waals surface area (Å²) in [7, 11) is 2.75. The van der Waals surface area contributed by atoms with Gasteiger partial charge in [-0.05, 0) is 0 Å². The third kappa shape index (κ3) is 3.85. The van der Waals surface area contributed by atoms with E-state index >= 15 is 0 Å². The van der Waals surface area contributed by atoms with Crippen molar-refractivity contribution in [3.05, 3.63) is 34.9 Å². The summed E-state index contributed by atoms with van der Waals surface area (Å²) in [6.07, 6.45) is 1.46. The molecule has 1 aromatic rings. The van der Waals surface area contributed by atoms with Gasteiger partial charge in [-0.15, -0.1) is 6.58 Å². The molecule has 0 saturated carbocycles. The molecule has 0 heterocycles. The Bertz CT molecular complexity index is 558. The molecule has 0 radical (unpaired) electrons. The summed E-state index contributed by atoms with van der Waals surface area (Å²) in [5.41, 5.74) is -0.143. The van der Waals surface area contributed by atoms with Crippen molar-refractivity contribution in [1.29, 1.82) is 0 Å². The van der Waals surface area contributed by atoms with Gasteiger partial charge >= 0.3 is 5.97 Å². The molecule has 0 aliphatic carbocycles. The van der Waals surface area contributed by atoms with Crippen molar-refractivity contribution in [3.8, 4) is 11.5 Å². The number of nitro groups is 1. The maximum Gasteiger partial charge on any atom is 0.323 e. The molecule has 114 valence electrons. The summed E-state index contributed by atoms with van der Waals surface area (Å²) in [5, 5.41) is 20.1. The van der Waals surface area contributed by atoms with Crippen LogP contribution in [-0.2, 0) is 4.79 Å². The molecule has 0 fully saturated rings. The molecule has 0 spiro atoms. The van der Waals surface area contributed by atoms with Crippen LogP contribution >= 0.6 is 0 Å². The lowest BCUT2D eigenvalue weighted by Gasteiger charge is -2.22. The average Bonchev–Trinajstić information content (AvgIpc) is 2.44. The SMILES string of the molecule is C=CCN(CC(=O)O)c1cc(OC)c(OC)cc1[N+](=O)[O-]. The highest BCUT2D eigenvalue weighted by molar-refractivity contribution is 5.78. The van der Waals surface area contributed by atoms with Crippen LogP contribution in [0.25, 0.3) is 0 Å². The Morgan fingerprint density at radius 2 is 2.00 bits per heavy atom. The van der Waals surface area contributed by atoms with Crippen molar-refractivity contribution in [2.75, 3.05) is 32.2 Å². The van der Waals surface area contributed by atoms with Gasteiger partial charge in [0.05, 0.1) is 25.2 Å². The van der Waals surface area contributed by atoms with Crippen molar-refractivity contribution < 1.29 is 24.3 Å². The molecule has 0 aliphatic rings. The topological polar surface area (TPSA) is 102 Å². The first-order valence-corrected chi connectivity index (χ1v) is 5.92. The fourth-order valence-electron chi connectivity index (χ4n) is 1.82. The lowest BCUT2D eigenvalue weighted by atomic mass is 10.2. The number of aliphatic carboxylic acids is 1. The zero-order valence-electron chi connectivity index (χ0n) is 11.7. The number of ether oxygens (including phenoxy) is 2. The Kier molecular flexibility index (Phi) is 5.53. The minimum atomic E-state index is -1.11. The first-order valence-electron chi connectivity index (χ1n) is 5.92. The second-order valence-electron chi connectivity index (χ2n) is 4.02. The van der Waals surface area contributed by atoms with Gasteiger partial charge in [0, 0.05) is 12.6 Å². The lowest BCUT2D eigenvalue weighted by Crippen LogP contribution is -2.30. The van der Waals surface area contributed by atoms with Crippen molar-refractivity contribution in [2.24, 2.45) is 0 Å². The molecular weight excluding hydrogens is 280 g/mol. The fourth-order valence-corrected chi connectivity index (χ4v) is 1.82. The standard InChI is InChI=1S/C13H16N2O6/c1-4-5-14(8-13(16)17)9-6-11(20-2)12(21-3)7-10(9)15(18)19/h4,6-7H,1,5,8H2,2-3H3,(H,16,17). The smallest absolute Gasteiger partial charge is 0.323 e. The molecule has 1 N–H and O–H groups in total. The van der Waals surface area contributed by atoms with Gasteiger partial charge in [0.2, 0.25) is 0 Å². The summed E-state index contributed by atoms with van der Waals surface area (Å²) in [6, 6.07) is 2.58. The van der Waals surface area contributed by atoms with Crippen LogP contribution in [0.4, 0.5) is 11.4 Å². The second kappa shape index (κ2) is 7.13. The van der Waals surface area contributed by atoms with Gasteiger partial charge in [0.25, 0.3) is 5.69 Å². The Balaban J connectivity index is 3.44. The molecule has 0 bridgehead atoms. The quantitative estimate of drug-likeness (QED) is 0.442. The maximum absolute atomic E-state index is 11.2. The first-order chi connectivity index (χ1) is 9.94. The maximum atomic E-state index is 11.2. The third-order valence-electron chi connectivity index (χ3n) is 2.69. The van der Waals surface area contributed by atoms with Crippen LogP contribution < -0.4 is 14.4 Å². The van der Waals surface area contributed by atoms with E-state index in [0.29, 0.717) is 0 Å². The summed E-state index contributed by atoms with van der Waals surface area (Å²) in [6.45, 7) is 3.26. The number of methoxy groups -OCH3 is 2. The number of carbonyl (C=O) groups is 1. The predicted molar refractivity (Wildman–Crippen MR) is 76.2 cm³/mol. The number of nitro benzene ring substituents is 1. The van der Waals surface area contributed by atoms with Gasteiger partial charge in [-0.2, -0.15) is 0 Å². The largest absolute Gasteiger partial charge is 0.493 e. The number of rotatable bonds is 8. The molecule has 8 nitrogen and oxygen atoms in total. The minimum Gasteiger partial charge on any atom is -0.493 e. The van der Waals surface area contributed by atoms with Gasteiger partial charge in [0.1, 0.15) is 12.2 Å². The van der Waals surface area contributed by atoms with E-state index in [1.807, 2.05) is 0 Å². The van der Waals surface area contributed by atoms with E-state index in [1.165, 1.54) is 37.3 Å². The van der Waals surface area contributed by atoms with Crippen LogP contribution in [0.2, 0.25) is 0 Å². The van der Waals surface area contributed by atoms with Crippen LogP contribution in [0.15, 0.2) is 24.8 Å². The molecule has 0 amide bonds. The van der Waals surface area contributed by atoms with E-state index in [9.17, 15) is 14.9 Å².